The van der Waals surface area contributed by atoms with Crippen molar-refractivity contribution in [3.63, 3.8) is 0 Å². The van der Waals surface area contributed by atoms with Crippen molar-refractivity contribution in [1.82, 2.24) is 15.0 Å². The molecule has 8 rings (SSSR count). The SMILES string of the molecule is CO[C@H]1O[C@H](Cn2cc(CO[C@H]3CC[C@]4(C)[C@H]5CC=C6[C@@H]7CC(C)(C)CC[C@]7(C(=O)OCc7ccccc7)CC[C@@]6(C)[C@]5(C)CC[C@H]4C3(C)C)nn2)[C@@H](O)[C@H](O)[C@H]1O. The Bertz CT molecular complexity index is 1840. The number of esters is 1. The van der Waals surface area contributed by atoms with Crippen LogP contribution in [0.5, 0.6) is 0 Å². The molecule has 0 radical (unpaired) electrons. The monoisotopic (exact) mass is 804 g/mol. The smallest absolute Gasteiger partial charge is 0.313 e. The molecule has 1 aromatic carbocycles. The van der Waals surface area contributed by atoms with Crippen molar-refractivity contribution in [3.8, 4) is 0 Å². The molecule has 6 aliphatic rings. The number of fused-ring (bicyclic) bond motifs is 7. The zero-order chi connectivity index (χ0) is 41.5. The highest BCUT2D eigenvalue weighted by Crippen LogP contribution is 2.76. The van der Waals surface area contributed by atoms with E-state index < -0.39 is 36.1 Å². The first-order chi connectivity index (χ1) is 27.4. The summed E-state index contributed by atoms with van der Waals surface area (Å²) >= 11 is 0. The van der Waals surface area contributed by atoms with E-state index in [-0.39, 0.29) is 51.6 Å². The van der Waals surface area contributed by atoms with Gasteiger partial charge in [0.05, 0.1) is 30.9 Å². The van der Waals surface area contributed by atoms with Crippen LogP contribution in [0.25, 0.3) is 0 Å². The lowest BCUT2D eigenvalue weighted by Gasteiger charge is -2.71. The van der Waals surface area contributed by atoms with E-state index in [2.05, 4.69) is 64.9 Å². The molecule has 1 aromatic heterocycles. The average Bonchev–Trinajstić information content (AvgIpc) is 3.64. The van der Waals surface area contributed by atoms with E-state index in [0.29, 0.717) is 30.7 Å². The Balaban J connectivity index is 0.973. The molecule has 0 amide bonds. The number of allylic oxidation sites excluding steroid dienone is 2. The summed E-state index contributed by atoms with van der Waals surface area (Å²) in [6, 6.07) is 10.1. The summed E-state index contributed by atoms with van der Waals surface area (Å²) < 4.78 is 25.4. The number of benzene rings is 1. The number of rotatable bonds is 9. The van der Waals surface area contributed by atoms with E-state index in [1.807, 2.05) is 30.3 Å². The molecule has 13 atom stereocenters. The topological polar surface area (TPSA) is 145 Å². The van der Waals surface area contributed by atoms with E-state index in [1.54, 1.807) is 16.5 Å². The number of carbonyl (C=O) groups excluding carboxylic acids is 1. The first-order valence-electron chi connectivity index (χ1n) is 22.0. The predicted molar refractivity (Wildman–Crippen MR) is 218 cm³/mol. The number of aliphatic hydroxyl groups is 3. The van der Waals surface area contributed by atoms with Gasteiger partial charge in [0.15, 0.2) is 6.29 Å². The summed E-state index contributed by atoms with van der Waals surface area (Å²) in [7, 11) is 1.38. The first kappa shape index (κ1) is 42.0. The molecule has 0 spiro atoms. The van der Waals surface area contributed by atoms with Crippen LogP contribution in [0, 0.1) is 50.2 Å². The fraction of sp³-hybridized carbons (Fsp3) is 0.766. The van der Waals surface area contributed by atoms with Crippen molar-refractivity contribution in [2.45, 2.75) is 169 Å². The second kappa shape index (κ2) is 15.0. The van der Waals surface area contributed by atoms with Gasteiger partial charge in [-0.15, -0.1) is 5.10 Å². The number of carbonyl (C=O) groups is 1. The maximum absolute atomic E-state index is 14.4. The Morgan fingerprint density at radius 2 is 1.62 bits per heavy atom. The zero-order valence-electron chi connectivity index (χ0n) is 36.2. The molecule has 4 saturated carbocycles. The van der Waals surface area contributed by atoms with Crippen LogP contribution in [0.15, 0.2) is 48.2 Å². The summed E-state index contributed by atoms with van der Waals surface area (Å²) in [6.07, 6.45) is 8.97. The molecule has 11 nitrogen and oxygen atoms in total. The number of methoxy groups -OCH3 is 1. The van der Waals surface area contributed by atoms with Crippen LogP contribution in [-0.2, 0) is 43.5 Å². The van der Waals surface area contributed by atoms with Gasteiger partial charge in [0, 0.05) is 7.11 Å². The predicted octanol–water partition coefficient (Wildman–Crippen LogP) is 7.16. The van der Waals surface area contributed by atoms with Gasteiger partial charge in [0.1, 0.15) is 36.7 Å². The third kappa shape index (κ3) is 6.73. The van der Waals surface area contributed by atoms with Crippen LogP contribution in [0.1, 0.15) is 124 Å². The maximum atomic E-state index is 14.4. The van der Waals surface area contributed by atoms with E-state index in [9.17, 15) is 20.1 Å². The van der Waals surface area contributed by atoms with Gasteiger partial charge in [-0.05, 0) is 115 Å². The second-order valence-corrected chi connectivity index (χ2v) is 21.3. The Kier molecular flexibility index (Phi) is 10.9. The summed E-state index contributed by atoms with van der Waals surface area (Å²) in [5, 5.41) is 39.6. The van der Waals surface area contributed by atoms with Crippen molar-refractivity contribution in [2.75, 3.05) is 7.11 Å². The minimum absolute atomic E-state index is 0.0169. The molecular formula is C47H69N3O8. The molecule has 320 valence electrons. The van der Waals surface area contributed by atoms with Crippen LogP contribution in [0.3, 0.4) is 0 Å². The van der Waals surface area contributed by atoms with Gasteiger partial charge < -0.3 is 34.3 Å². The molecular weight excluding hydrogens is 735 g/mol. The molecule has 11 heteroatoms. The second-order valence-electron chi connectivity index (χ2n) is 21.3. The third-order valence-corrected chi connectivity index (χ3v) is 17.5. The number of aliphatic hydroxyl groups excluding tert-OH is 3. The lowest BCUT2D eigenvalue weighted by molar-refractivity contribution is -0.292. The average molecular weight is 804 g/mol. The Labute approximate surface area is 345 Å². The minimum atomic E-state index is -1.39. The largest absolute Gasteiger partial charge is 0.460 e. The molecule has 5 aliphatic carbocycles. The molecule has 0 bridgehead atoms. The number of nitrogens with zero attached hydrogens (tertiary/aromatic N) is 3. The highest BCUT2D eigenvalue weighted by molar-refractivity contribution is 5.79. The highest BCUT2D eigenvalue weighted by Gasteiger charge is 2.69. The lowest BCUT2D eigenvalue weighted by Crippen LogP contribution is -2.65. The fourth-order valence-corrected chi connectivity index (χ4v) is 13.9. The van der Waals surface area contributed by atoms with Gasteiger partial charge in [-0.3, -0.25) is 4.79 Å². The van der Waals surface area contributed by atoms with Gasteiger partial charge in [0.25, 0.3) is 0 Å². The van der Waals surface area contributed by atoms with Gasteiger partial charge >= 0.3 is 5.97 Å². The van der Waals surface area contributed by atoms with Crippen LogP contribution in [0.2, 0.25) is 0 Å². The molecule has 5 fully saturated rings. The molecule has 0 unspecified atom stereocenters. The van der Waals surface area contributed by atoms with Crippen molar-refractivity contribution in [2.24, 2.45) is 50.2 Å². The number of hydrogen-bond acceptors (Lipinski definition) is 10. The summed E-state index contributed by atoms with van der Waals surface area (Å²) in [5.74, 6) is 1.26. The van der Waals surface area contributed by atoms with Crippen LogP contribution < -0.4 is 0 Å². The number of aromatic nitrogens is 3. The fourth-order valence-electron chi connectivity index (χ4n) is 13.9. The summed E-state index contributed by atoms with van der Waals surface area (Å²) in [5.41, 5.74) is 3.26. The van der Waals surface area contributed by atoms with Gasteiger partial charge in [-0.25, -0.2) is 4.68 Å². The number of hydrogen-bond donors (Lipinski definition) is 3. The lowest BCUT2D eigenvalue weighted by atomic mass is 9.33. The molecule has 2 heterocycles. The zero-order valence-corrected chi connectivity index (χ0v) is 36.2. The van der Waals surface area contributed by atoms with Crippen molar-refractivity contribution in [3.05, 3.63) is 59.4 Å². The third-order valence-electron chi connectivity index (χ3n) is 17.5. The van der Waals surface area contributed by atoms with E-state index in [0.717, 1.165) is 63.4 Å². The Morgan fingerprint density at radius 1 is 0.879 bits per heavy atom. The summed E-state index contributed by atoms with van der Waals surface area (Å²) in [6.45, 7) is 18.2. The van der Waals surface area contributed by atoms with Gasteiger partial charge in [0.2, 0.25) is 0 Å². The highest BCUT2D eigenvalue weighted by atomic mass is 16.7. The van der Waals surface area contributed by atoms with Crippen molar-refractivity contribution < 1.29 is 39.1 Å². The normalized spacial score (nSPS) is 42.9. The van der Waals surface area contributed by atoms with Crippen LogP contribution in [0.4, 0.5) is 0 Å². The molecule has 2 aromatic rings. The van der Waals surface area contributed by atoms with Gasteiger partial charge in [-0.1, -0.05) is 95.7 Å². The molecule has 1 saturated heterocycles. The minimum Gasteiger partial charge on any atom is -0.460 e. The molecule has 1 aliphatic heterocycles. The number of ether oxygens (including phenoxy) is 4. The van der Waals surface area contributed by atoms with Crippen molar-refractivity contribution >= 4 is 5.97 Å². The Morgan fingerprint density at radius 3 is 2.36 bits per heavy atom. The van der Waals surface area contributed by atoms with Gasteiger partial charge in [-0.2, -0.15) is 0 Å². The van der Waals surface area contributed by atoms with E-state index in [4.69, 9.17) is 18.9 Å². The van der Waals surface area contributed by atoms with Crippen LogP contribution >= 0.6 is 0 Å². The molecule has 58 heavy (non-hydrogen) atoms. The van der Waals surface area contributed by atoms with E-state index >= 15 is 0 Å². The first-order valence-corrected chi connectivity index (χ1v) is 22.0. The van der Waals surface area contributed by atoms with Crippen LogP contribution in [-0.4, -0.2) is 80.2 Å². The molecule has 3 N–H and O–H groups in total. The quantitative estimate of drug-likeness (QED) is 0.176. The Hall–Kier alpha value is -2.67. The van der Waals surface area contributed by atoms with Crippen molar-refractivity contribution in [1.29, 1.82) is 0 Å². The van der Waals surface area contributed by atoms with E-state index in [1.165, 1.54) is 13.5 Å². The standard InChI is InChI=1S/C47H69N3O8/c1-42(2)20-22-47(41(54)57-27-29-12-10-9-11-13-29)23-21-45(6)31(32(47)24-42)14-15-35-44(5)18-17-36(43(3,4)34(44)16-19-46(35,45)7)56-28-30-25-50(49-48-30)26-33-37(51)38(52)39(53)40(55-8)58-33/h9-14,25,32-40,51-53H,15-24,26-28H2,1-8H3/t32-,33+,34-,35+,36-,37+,38-,39+,40-,44-,45+,46+,47-/m0/s1. The summed E-state index contributed by atoms with van der Waals surface area (Å²) in [4.78, 5) is 14.4. The maximum Gasteiger partial charge on any atom is 0.313 e.